The summed E-state index contributed by atoms with van der Waals surface area (Å²) in [5, 5.41) is 7.81. The molecule has 0 bridgehead atoms. The van der Waals surface area contributed by atoms with Crippen molar-refractivity contribution in [2.45, 2.75) is 38.3 Å². The van der Waals surface area contributed by atoms with Crippen LogP contribution in [0.3, 0.4) is 0 Å². The van der Waals surface area contributed by atoms with Crippen molar-refractivity contribution in [1.29, 1.82) is 0 Å². The van der Waals surface area contributed by atoms with E-state index in [9.17, 15) is 4.79 Å². The van der Waals surface area contributed by atoms with Crippen LogP contribution in [0.1, 0.15) is 47.8 Å². The first-order chi connectivity index (χ1) is 13.2. The van der Waals surface area contributed by atoms with Crippen LogP contribution < -0.4 is 5.32 Å². The summed E-state index contributed by atoms with van der Waals surface area (Å²) < 4.78 is 2.93. The fourth-order valence-corrected chi connectivity index (χ4v) is 4.07. The van der Waals surface area contributed by atoms with Gasteiger partial charge < -0.3 is 5.32 Å². The van der Waals surface area contributed by atoms with E-state index in [1.807, 2.05) is 30.3 Å². The topological polar surface area (TPSA) is 59.8 Å². The first-order valence-corrected chi connectivity index (χ1v) is 10.0. The molecule has 0 radical (unpaired) electrons. The van der Waals surface area contributed by atoms with Gasteiger partial charge >= 0.3 is 0 Å². The molecule has 27 heavy (non-hydrogen) atoms. The van der Waals surface area contributed by atoms with Crippen LogP contribution in [0, 0.1) is 0 Å². The number of pyridine rings is 1. The van der Waals surface area contributed by atoms with Crippen molar-refractivity contribution in [2.24, 2.45) is 0 Å². The molecule has 5 nitrogen and oxygen atoms in total. The highest BCUT2D eigenvalue weighted by molar-refractivity contribution is 9.10. The molecule has 1 aromatic carbocycles. The Morgan fingerprint density at radius 2 is 1.89 bits per heavy atom. The number of carbonyl (C=O) groups excluding carboxylic acids is 1. The monoisotopic (exact) mass is 424 g/mol. The summed E-state index contributed by atoms with van der Waals surface area (Å²) in [6.07, 6.45) is 8.40. The van der Waals surface area contributed by atoms with Crippen molar-refractivity contribution in [3.8, 4) is 11.3 Å². The van der Waals surface area contributed by atoms with Gasteiger partial charge in [-0.05, 0) is 59.1 Å². The Kier molecular flexibility index (Phi) is 5.34. The fourth-order valence-electron chi connectivity index (χ4n) is 3.61. The number of hydrogen-bond acceptors (Lipinski definition) is 3. The van der Waals surface area contributed by atoms with Gasteiger partial charge in [-0.3, -0.25) is 14.5 Å². The van der Waals surface area contributed by atoms with E-state index in [0.29, 0.717) is 18.2 Å². The van der Waals surface area contributed by atoms with Crippen molar-refractivity contribution in [2.75, 3.05) is 0 Å². The lowest BCUT2D eigenvalue weighted by molar-refractivity contribution is 0.0949. The maximum atomic E-state index is 12.5. The molecule has 0 atom stereocenters. The van der Waals surface area contributed by atoms with Crippen LogP contribution in [0.25, 0.3) is 11.3 Å². The highest BCUT2D eigenvalue weighted by Gasteiger charge is 2.22. The van der Waals surface area contributed by atoms with Crippen LogP contribution in [0.2, 0.25) is 0 Å². The van der Waals surface area contributed by atoms with Gasteiger partial charge in [-0.15, -0.1) is 0 Å². The first-order valence-electron chi connectivity index (χ1n) is 9.24. The van der Waals surface area contributed by atoms with Crippen LogP contribution in [0.5, 0.6) is 0 Å². The van der Waals surface area contributed by atoms with Crippen molar-refractivity contribution in [1.82, 2.24) is 20.1 Å². The van der Waals surface area contributed by atoms with Crippen LogP contribution in [-0.2, 0) is 6.54 Å². The van der Waals surface area contributed by atoms with Gasteiger partial charge in [0, 0.05) is 22.4 Å². The number of nitrogens with one attached hydrogen (secondary N) is 1. The first kappa shape index (κ1) is 17.9. The Morgan fingerprint density at radius 3 is 2.63 bits per heavy atom. The van der Waals surface area contributed by atoms with E-state index in [1.54, 1.807) is 18.5 Å². The van der Waals surface area contributed by atoms with Gasteiger partial charge in [0.1, 0.15) is 0 Å². The minimum atomic E-state index is -0.108. The lowest BCUT2D eigenvalue weighted by Crippen LogP contribution is -2.23. The van der Waals surface area contributed by atoms with Crippen LogP contribution >= 0.6 is 15.9 Å². The third-order valence-electron chi connectivity index (χ3n) is 4.98. The van der Waals surface area contributed by atoms with E-state index in [-0.39, 0.29) is 5.91 Å². The van der Waals surface area contributed by atoms with Crippen molar-refractivity contribution in [3.05, 3.63) is 70.6 Å². The molecule has 138 valence electrons. The molecular weight excluding hydrogens is 404 g/mol. The van der Waals surface area contributed by atoms with E-state index >= 15 is 0 Å². The molecule has 1 amide bonds. The molecule has 2 heterocycles. The maximum absolute atomic E-state index is 12.5. The maximum Gasteiger partial charge on any atom is 0.252 e. The third-order valence-corrected chi connectivity index (χ3v) is 5.67. The quantitative estimate of drug-likeness (QED) is 0.642. The number of carbonyl (C=O) groups is 1. The molecule has 1 N–H and O–H groups in total. The van der Waals surface area contributed by atoms with E-state index in [2.05, 4.69) is 37.0 Å². The van der Waals surface area contributed by atoms with Crippen molar-refractivity contribution < 1.29 is 4.79 Å². The lowest BCUT2D eigenvalue weighted by atomic mass is 10.1. The number of amides is 1. The number of aromatic nitrogens is 3. The molecule has 6 heteroatoms. The normalized spacial score (nSPS) is 14.4. The molecule has 1 aliphatic rings. The summed E-state index contributed by atoms with van der Waals surface area (Å²) in [5.74, 6) is -0.108. The molecular formula is C21H21BrN4O. The summed E-state index contributed by atoms with van der Waals surface area (Å²) in [6.45, 7) is 0.401. The van der Waals surface area contributed by atoms with Gasteiger partial charge in [0.25, 0.3) is 5.91 Å². The van der Waals surface area contributed by atoms with Gasteiger partial charge in [-0.2, -0.15) is 5.10 Å². The molecule has 0 saturated heterocycles. The van der Waals surface area contributed by atoms with Gasteiger partial charge in [0.05, 0.1) is 29.5 Å². The highest BCUT2D eigenvalue weighted by atomic mass is 79.9. The minimum Gasteiger partial charge on any atom is -0.346 e. The lowest BCUT2D eigenvalue weighted by Gasteiger charge is -2.14. The second kappa shape index (κ2) is 8.05. The Hall–Kier alpha value is -2.47. The predicted octanol–water partition coefficient (Wildman–Crippen LogP) is 4.75. The number of rotatable bonds is 5. The molecule has 1 saturated carbocycles. The smallest absolute Gasteiger partial charge is 0.252 e. The Labute approximate surface area is 167 Å². The summed E-state index contributed by atoms with van der Waals surface area (Å²) in [4.78, 5) is 16.6. The van der Waals surface area contributed by atoms with Crippen LogP contribution in [-0.4, -0.2) is 20.7 Å². The summed E-state index contributed by atoms with van der Waals surface area (Å²) in [7, 11) is 0. The number of nitrogens with zero attached hydrogens (tertiary/aromatic N) is 3. The van der Waals surface area contributed by atoms with Crippen LogP contribution in [0.15, 0.2) is 59.3 Å². The van der Waals surface area contributed by atoms with E-state index in [0.717, 1.165) is 34.3 Å². The fraction of sp³-hybridized carbons (Fsp3) is 0.286. The average Bonchev–Trinajstić information content (AvgIpc) is 3.37. The summed E-state index contributed by atoms with van der Waals surface area (Å²) in [6, 6.07) is 13.9. The predicted molar refractivity (Wildman–Crippen MR) is 108 cm³/mol. The molecule has 1 aliphatic carbocycles. The molecule has 0 unspecified atom stereocenters. The molecule has 3 aromatic rings. The van der Waals surface area contributed by atoms with Gasteiger partial charge in [0.2, 0.25) is 0 Å². The third kappa shape index (κ3) is 3.95. The van der Waals surface area contributed by atoms with Gasteiger partial charge in [-0.25, -0.2) is 0 Å². The van der Waals surface area contributed by atoms with Crippen molar-refractivity contribution in [3.63, 3.8) is 0 Å². The average molecular weight is 425 g/mol. The van der Waals surface area contributed by atoms with E-state index < -0.39 is 0 Å². The summed E-state index contributed by atoms with van der Waals surface area (Å²) >= 11 is 3.43. The number of benzene rings is 1. The molecule has 1 fully saturated rings. The molecule has 2 aromatic heterocycles. The van der Waals surface area contributed by atoms with E-state index in [4.69, 9.17) is 5.10 Å². The summed E-state index contributed by atoms with van der Waals surface area (Å²) in [5.41, 5.74) is 3.69. The zero-order chi connectivity index (χ0) is 18.6. The Morgan fingerprint density at radius 1 is 1.15 bits per heavy atom. The van der Waals surface area contributed by atoms with Crippen molar-refractivity contribution >= 4 is 21.8 Å². The van der Waals surface area contributed by atoms with Gasteiger partial charge in [0.15, 0.2) is 0 Å². The zero-order valence-electron chi connectivity index (χ0n) is 14.9. The Balaban J connectivity index is 1.56. The second-order valence-electron chi connectivity index (χ2n) is 6.80. The SMILES string of the molecule is O=C(NCc1cc(-c2ccncc2)n(C2CCCC2)n1)c1ccccc1Br. The van der Waals surface area contributed by atoms with Gasteiger partial charge in [-0.1, -0.05) is 25.0 Å². The standard InChI is InChI=1S/C21H21BrN4O/c22-19-8-4-3-7-18(19)21(27)24-14-16-13-20(15-9-11-23-12-10-15)26(25-16)17-5-1-2-6-17/h3-4,7-13,17H,1-2,5-6,14H2,(H,24,27). The van der Waals surface area contributed by atoms with Crippen LogP contribution in [0.4, 0.5) is 0 Å². The highest BCUT2D eigenvalue weighted by Crippen LogP contribution is 2.33. The largest absolute Gasteiger partial charge is 0.346 e. The minimum absolute atomic E-state index is 0.108. The number of halogens is 1. The molecule has 0 aliphatic heterocycles. The second-order valence-corrected chi connectivity index (χ2v) is 7.66. The Bertz CT molecular complexity index is 932. The molecule has 4 rings (SSSR count). The molecule has 0 spiro atoms. The zero-order valence-corrected chi connectivity index (χ0v) is 16.5. The van der Waals surface area contributed by atoms with E-state index in [1.165, 1.54) is 12.8 Å². The number of hydrogen-bond donors (Lipinski definition) is 1.